The quantitative estimate of drug-likeness (QED) is 0.774. The minimum absolute atomic E-state index is 0.248. The lowest BCUT2D eigenvalue weighted by atomic mass is 10.2. The Balaban J connectivity index is 1.82. The number of pyridine rings is 1. The number of hydrogen-bond acceptors (Lipinski definition) is 4. The Hall–Kier alpha value is -2.24. The first-order chi connectivity index (χ1) is 10.6. The molecule has 0 unspecified atom stereocenters. The number of carbonyl (C=O) groups excluding carboxylic acids is 1. The van der Waals surface area contributed by atoms with Gasteiger partial charge in [0.05, 0.1) is 0 Å². The van der Waals surface area contributed by atoms with Crippen LogP contribution in [0.2, 0.25) is 5.02 Å². The summed E-state index contributed by atoms with van der Waals surface area (Å²) in [6.07, 6.45) is 3.40. The lowest BCUT2D eigenvalue weighted by Crippen LogP contribution is -2.13. The van der Waals surface area contributed by atoms with Crippen molar-refractivity contribution in [3.8, 4) is 10.6 Å². The van der Waals surface area contributed by atoms with Gasteiger partial charge < -0.3 is 5.32 Å². The van der Waals surface area contributed by atoms with E-state index in [0.717, 1.165) is 16.1 Å². The fraction of sp³-hybridized carbons (Fsp3) is 0.0625. The summed E-state index contributed by atoms with van der Waals surface area (Å²) in [5, 5.41) is 5.99. The highest BCUT2D eigenvalue weighted by molar-refractivity contribution is 7.13. The van der Waals surface area contributed by atoms with E-state index in [1.165, 1.54) is 11.3 Å². The maximum absolute atomic E-state index is 12.3. The van der Waals surface area contributed by atoms with E-state index in [-0.39, 0.29) is 5.91 Å². The second-order valence-corrected chi connectivity index (χ2v) is 5.91. The Bertz CT molecular complexity index is 817. The number of amides is 1. The third kappa shape index (κ3) is 3.00. The van der Waals surface area contributed by atoms with Crippen molar-refractivity contribution in [2.24, 2.45) is 0 Å². The van der Waals surface area contributed by atoms with Gasteiger partial charge in [0.15, 0.2) is 0 Å². The van der Waals surface area contributed by atoms with Crippen molar-refractivity contribution in [1.29, 1.82) is 0 Å². The molecule has 1 amide bonds. The number of benzene rings is 1. The van der Waals surface area contributed by atoms with Crippen molar-refractivity contribution in [3.05, 3.63) is 64.4 Å². The van der Waals surface area contributed by atoms with Crippen LogP contribution in [0.25, 0.3) is 10.6 Å². The molecule has 1 N–H and O–H groups in total. The normalized spacial score (nSPS) is 10.5. The van der Waals surface area contributed by atoms with Gasteiger partial charge in [0.1, 0.15) is 10.7 Å². The molecule has 2 heterocycles. The molecule has 0 aliphatic carbocycles. The maximum Gasteiger partial charge on any atom is 0.275 e. The molecule has 0 saturated carbocycles. The minimum atomic E-state index is -0.248. The van der Waals surface area contributed by atoms with E-state index in [0.29, 0.717) is 16.4 Å². The van der Waals surface area contributed by atoms with Gasteiger partial charge in [-0.2, -0.15) is 0 Å². The van der Waals surface area contributed by atoms with Crippen molar-refractivity contribution in [1.82, 2.24) is 9.97 Å². The van der Waals surface area contributed by atoms with Gasteiger partial charge in [-0.25, -0.2) is 4.98 Å². The number of thiazole rings is 1. The van der Waals surface area contributed by atoms with Crippen molar-refractivity contribution < 1.29 is 4.79 Å². The first-order valence-electron chi connectivity index (χ1n) is 6.57. The average molecular weight is 330 g/mol. The predicted molar refractivity (Wildman–Crippen MR) is 89.5 cm³/mol. The molecule has 2 aromatic heterocycles. The molecule has 0 radical (unpaired) electrons. The highest BCUT2D eigenvalue weighted by Gasteiger charge is 2.13. The van der Waals surface area contributed by atoms with Crippen LogP contribution in [0.15, 0.2) is 48.1 Å². The zero-order valence-electron chi connectivity index (χ0n) is 11.7. The Kier molecular flexibility index (Phi) is 4.18. The van der Waals surface area contributed by atoms with Crippen LogP contribution in [0.3, 0.4) is 0 Å². The van der Waals surface area contributed by atoms with Crippen LogP contribution in [0.5, 0.6) is 0 Å². The Morgan fingerprint density at radius 2 is 2.00 bits per heavy atom. The first-order valence-corrected chi connectivity index (χ1v) is 7.83. The molecular weight excluding hydrogens is 318 g/mol. The average Bonchev–Trinajstić information content (AvgIpc) is 3.03. The summed E-state index contributed by atoms with van der Waals surface area (Å²) in [5.41, 5.74) is 2.85. The molecule has 4 nitrogen and oxygen atoms in total. The molecule has 0 aliphatic heterocycles. The number of anilines is 1. The molecule has 6 heteroatoms. The number of carbonyl (C=O) groups is 1. The minimum Gasteiger partial charge on any atom is -0.320 e. The van der Waals surface area contributed by atoms with E-state index in [1.807, 2.05) is 25.1 Å². The monoisotopic (exact) mass is 329 g/mol. The van der Waals surface area contributed by atoms with Crippen LogP contribution in [0.4, 0.5) is 5.69 Å². The van der Waals surface area contributed by atoms with E-state index in [9.17, 15) is 4.79 Å². The lowest BCUT2D eigenvalue weighted by molar-refractivity contribution is 0.102. The van der Waals surface area contributed by atoms with Crippen LogP contribution in [-0.4, -0.2) is 15.9 Å². The molecule has 1 aromatic carbocycles. The summed E-state index contributed by atoms with van der Waals surface area (Å²) in [6.45, 7) is 1.86. The molecule has 110 valence electrons. The SMILES string of the molecule is Cc1c(Cl)cccc1NC(=O)c1csc(-c2ccncc2)n1. The summed E-state index contributed by atoms with van der Waals surface area (Å²) < 4.78 is 0. The second-order valence-electron chi connectivity index (χ2n) is 4.64. The molecule has 0 aliphatic rings. The van der Waals surface area contributed by atoms with Gasteiger partial charge in [-0.15, -0.1) is 11.3 Å². The smallest absolute Gasteiger partial charge is 0.275 e. The molecule has 0 atom stereocenters. The molecule has 3 rings (SSSR count). The van der Waals surface area contributed by atoms with Gasteiger partial charge in [0.25, 0.3) is 5.91 Å². The van der Waals surface area contributed by atoms with Crippen molar-refractivity contribution >= 4 is 34.5 Å². The molecule has 22 heavy (non-hydrogen) atoms. The van der Waals surface area contributed by atoms with Crippen molar-refractivity contribution in [2.75, 3.05) is 5.32 Å². The summed E-state index contributed by atoms with van der Waals surface area (Å²) in [4.78, 5) is 20.6. The highest BCUT2D eigenvalue weighted by atomic mass is 35.5. The molecule has 0 spiro atoms. The third-order valence-corrected chi connectivity index (χ3v) is 4.48. The van der Waals surface area contributed by atoms with Crippen LogP contribution >= 0.6 is 22.9 Å². The molecule has 0 fully saturated rings. The summed E-state index contributed by atoms with van der Waals surface area (Å²) in [5.74, 6) is -0.248. The number of aromatic nitrogens is 2. The van der Waals surface area contributed by atoms with Crippen LogP contribution in [0.1, 0.15) is 16.1 Å². The molecule has 0 saturated heterocycles. The Morgan fingerprint density at radius 3 is 2.77 bits per heavy atom. The van der Waals surface area contributed by atoms with Crippen molar-refractivity contribution in [2.45, 2.75) is 6.92 Å². The van der Waals surface area contributed by atoms with Crippen molar-refractivity contribution in [3.63, 3.8) is 0 Å². The number of halogens is 1. The molecule has 0 bridgehead atoms. The van der Waals surface area contributed by atoms with Gasteiger partial charge in [-0.3, -0.25) is 9.78 Å². The second kappa shape index (κ2) is 6.25. The summed E-state index contributed by atoms with van der Waals surface area (Å²) in [7, 11) is 0. The topological polar surface area (TPSA) is 54.9 Å². The number of nitrogens with zero attached hydrogens (tertiary/aromatic N) is 2. The van der Waals surface area contributed by atoms with Gasteiger partial charge >= 0.3 is 0 Å². The van der Waals surface area contributed by atoms with Crippen LogP contribution in [-0.2, 0) is 0 Å². The van der Waals surface area contributed by atoms with E-state index >= 15 is 0 Å². The largest absolute Gasteiger partial charge is 0.320 e. The summed E-state index contributed by atoms with van der Waals surface area (Å²) >= 11 is 7.48. The molecular formula is C16H12ClN3OS. The zero-order valence-corrected chi connectivity index (χ0v) is 13.3. The van der Waals surface area contributed by atoms with Crippen LogP contribution in [0, 0.1) is 6.92 Å². The zero-order chi connectivity index (χ0) is 15.5. The predicted octanol–water partition coefficient (Wildman–Crippen LogP) is 4.42. The number of nitrogens with one attached hydrogen (secondary N) is 1. The Labute approximate surface area is 136 Å². The third-order valence-electron chi connectivity index (χ3n) is 3.18. The fourth-order valence-corrected chi connectivity index (χ4v) is 2.92. The lowest BCUT2D eigenvalue weighted by Gasteiger charge is -2.08. The van der Waals surface area contributed by atoms with Gasteiger partial charge in [-0.05, 0) is 36.8 Å². The van der Waals surface area contributed by atoms with E-state index in [1.54, 1.807) is 29.9 Å². The van der Waals surface area contributed by atoms with E-state index < -0.39 is 0 Å². The molecule has 3 aromatic rings. The van der Waals surface area contributed by atoms with Gasteiger partial charge in [-0.1, -0.05) is 17.7 Å². The maximum atomic E-state index is 12.3. The van der Waals surface area contributed by atoms with E-state index in [2.05, 4.69) is 15.3 Å². The van der Waals surface area contributed by atoms with Crippen LogP contribution < -0.4 is 5.32 Å². The highest BCUT2D eigenvalue weighted by Crippen LogP contribution is 2.25. The first kappa shape index (κ1) is 14.7. The van der Waals surface area contributed by atoms with Gasteiger partial charge in [0.2, 0.25) is 0 Å². The Morgan fingerprint density at radius 1 is 1.23 bits per heavy atom. The fourth-order valence-electron chi connectivity index (χ4n) is 1.93. The number of hydrogen-bond donors (Lipinski definition) is 1. The van der Waals surface area contributed by atoms with Gasteiger partial charge in [0, 0.05) is 34.0 Å². The van der Waals surface area contributed by atoms with E-state index in [4.69, 9.17) is 11.6 Å². The summed E-state index contributed by atoms with van der Waals surface area (Å²) in [6, 6.07) is 9.13. The number of rotatable bonds is 3. The standard InChI is InChI=1S/C16H12ClN3OS/c1-10-12(17)3-2-4-13(10)19-15(21)14-9-22-16(20-14)11-5-7-18-8-6-11/h2-9H,1H3,(H,19,21).